The second-order valence-electron chi connectivity index (χ2n) is 4.98. The van der Waals surface area contributed by atoms with E-state index >= 15 is 0 Å². The van der Waals surface area contributed by atoms with Crippen molar-refractivity contribution in [3.8, 4) is 0 Å². The molecule has 0 spiro atoms. The van der Waals surface area contributed by atoms with Crippen molar-refractivity contribution in [3.05, 3.63) is 0 Å². The van der Waals surface area contributed by atoms with Crippen molar-refractivity contribution in [1.82, 2.24) is 10.6 Å². The number of ether oxygens (including phenoxy) is 1. The Hall–Kier alpha value is -0.610. The number of carbonyl (C=O) groups is 1. The Morgan fingerprint density at radius 1 is 1.19 bits per heavy atom. The molecule has 0 bridgehead atoms. The molecule has 0 fully saturated rings. The van der Waals surface area contributed by atoms with Crippen molar-refractivity contribution in [1.29, 1.82) is 0 Å². The first-order valence-electron chi connectivity index (χ1n) is 5.96. The molecule has 0 saturated heterocycles. The molecule has 2 N–H and O–H groups in total. The highest BCUT2D eigenvalue weighted by Crippen LogP contribution is 1.97. The number of amides is 1. The zero-order valence-corrected chi connectivity index (χ0v) is 11.1. The highest BCUT2D eigenvalue weighted by Gasteiger charge is 2.08. The van der Waals surface area contributed by atoms with Gasteiger partial charge in [-0.15, -0.1) is 0 Å². The number of nitrogens with one attached hydrogen (secondary N) is 2. The van der Waals surface area contributed by atoms with Gasteiger partial charge >= 0.3 is 0 Å². The summed E-state index contributed by atoms with van der Waals surface area (Å²) in [5, 5.41) is 6.18. The summed E-state index contributed by atoms with van der Waals surface area (Å²) in [6.07, 6.45) is 2.52. The van der Waals surface area contributed by atoms with Gasteiger partial charge in [0.2, 0.25) is 5.91 Å². The molecule has 4 heteroatoms. The third-order valence-electron chi connectivity index (χ3n) is 2.10. The molecule has 0 radical (unpaired) electrons. The zero-order valence-electron chi connectivity index (χ0n) is 11.1. The van der Waals surface area contributed by atoms with Crippen molar-refractivity contribution < 1.29 is 9.53 Å². The van der Waals surface area contributed by atoms with Gasteiger partial charge in [-0.2, -0.15) is 0 Å². The van der Waals surface area contributed by atoms with E-state index in [4.69, 9.17) is 4.74 Å². The average molecular weight is 230 g/mol. The smallest absolute Gasteiger partial charge is 0.221 e. The van der Waals surface area contributed by atoms with Gasteiger partial charge in [-0.3, -0.25) is 4.79 Å². The molecule has 0 aliphatic rings. The molecule has 0 aliphatic heterocycles. The summed E-state index contributed by atoms with van der Waals surface area (Å²) >= 11 is 0. The van der Waals surface area contributed by atoms with Crippen LogP contribution in [0.25, 0.3) is 0 Å². The molecule has 96 valence electrons. The van der Waals surface area contributed by atoms with Gasteiger partial charge in [0.05, 0.1) is 0 Å². The van der Waals surface area contributed by atoms with Gasteiger partial charge in [0.15, 0.2) is 0 Å². The molecule has 0 heterocycles. The fourth-order valence-electron chi connectivity index (χ4n) is 1.24. The topological polar surface area (TPSA) is 50.4 Å². The second-order valence-corrected chi connectivity index (χ2v) is 4.98. The fourth-order valence-corrected chi connectivity index (χ4v) is 1.24. The molecule has 0 aromatic rings. The van der Waals surface area contributed by atoms with Gasteiger partial charge in [0.25, 0.3) is 0 Å². The summed E-state index contributed by atoms with van der Waals surface area (Å²) in [6, 6.07) is 0. The van der Waals surface area contributed by atoms with E-state index in [1.54, 1.807) is 7.11 Å². The number of rotatable bonds is 8. The summed E-state index contributed by atoms with van der Waals surface area (Å²) in [6.45, 7) is 8.52. The van der Waals surface area contributed by atoms with Gasteiger partial charge < -0.3 is 15.4 Å². The van der Waals surface area contributed by atoms with Crippen LogP contribution in [0.5, 0.6) is 0 Å². The van der Waals surface area contributed by atoms with Crippen LogP contribution in [0.1, 0.15) is 40.0 Å². The van der Waals surface area contributed by atoms with Gasteiger partial charge in [-0.05, 0) is 33.6 Å². The molecule has 1 amide bonds. The average Bonchev–Trinajstić information content (AvgIpc) is 2.15. The van der Waals surface area contributed by atoms with Crippen molar-refractivity contribution in [2.24, 2.45) is 0 Å². The lowest BCUT2D eigenvalue weighted by Crippen LogP contribution is -2.38. The Labute approximate surface area is 99.1 Å². The molecule has 0 aromatic carbocycles. The van der Waals surface area contributed by atoms with Gasteiger partial charge in [-0.25, -0.2) is 0 Å². The number of carbonyl (C=O) groups excluding carboxylic acids is 1. The summed E-state index contributed by atoms with van der Waals surface area (Å²) in [5.41, 5.74) is 0.0821. The van der Waals surface area contributed by atoms with E-state index in [2.05, 4.69) is 31.4 Å². The maximum atomic E-state index is 11.4. The lowest BCUT2D eigenvalue weighted by atomic mass is 10.1. The number of unbranched alkanes of at least 4 members (excludes halogenated alkanes) is 1. The second kappa shape index (κ2) is 8.53. The van der Waals surface area contributed by atoms with Gasteiger partial charge in [0.1, 0.15) is 0 Å². The molecule has 0 atom stereocenters. The molecule has 0 aliphatic carbocycles. The van der Waals surface area contributed by atoms with Gasteiger partial charge in [-0.1, -0.05) is 0 Å². The van der Waals surface area contributed by atoms with E-state index in [1.165, 1.54) is 0 Å². The van der Waals surface area contributed by atoms with Crippen LogP contribution in [0.3, 0.4) is 0 Å². The molecule has 4 nitrogen and oxygen atoms in total. The highest BCUT2D eigenvalue weighted by atomic mass is 16.5. The number of hydrogen-bond acceptors (Lipinski definition) is 3. The summed E-state index contributed by atoms with van der Waals surface area (Å²) in [4.78, 5) is 11.4. The normalized spacial score (nSPS) is 11.5. The Morgan fingerprint density at radius 3 is 2.44 bits per heavy atom. The lowest BCUT2D eigenvalue weighted by molar-refractivity contribution is -0.121. The first-order chi connectivity index (χ1) is 7.45. The fraction of sp³-hybridized carbons (Fsp3) is 0.917. The Balaban J connectivity index is 3.32. The molecule has 0 saturated carbocycles. The van der Waals surface area contributed by atoms with Crippen LogP contribution >= 0.6 is 0 Å². The van der Waals surface area contributed by atoms with Crippen LogP contribution in [0.2, 0.25) is 0 Å². The van der Waals surface area contributed by atoms with E-state index in [9.17, 15) is 4.79 Å². The van der Waals surface area contributed by atoms with Crippen molar-refractivity contribution in [3.63, 3.8) is 0 Å². The van der Waals surface area contributed by atoms with E-state index in [-0.39, 0.29) is 11.4 Å². The minimum atomic E-state index is 0.0821. The predicted molar refractivity (Wildman–Crippen MR) is 66.5 cm³/mol. The maximum Gasteiger partial charge on any atom is 0.221 e. The van der Waals surface area contributed by atoms with Crippen LogP contribution < -0.4 is 10.6 Å². The highest BCUT2D eigenvalue weighted by molar-refractivity contribution is 5.75. The first kappa shape index (κ1) is 15.4. The van der Waals surface area contributed by atoms with E-state index < -0.39 is 0 Å². The molecular weight excluding hydrogens is 204 g/mol. The summed E-state index contributed by atoms with van der Waals surface area (Å²) in [7, 11) is 1.69. The van der Waals surface area contributed by atoms with E-state index in [1.807, 2.05) is 0 Å². The van der Waals surface area contributed by atoms with E-state index in [0.29, 0.717) is 6.42 Å². The third kappa shape index (κ3) is 11.5. The number of hydrogen-bond donors (Lipinski definition) is 2. The third-order valence-corrected chi connectivity index (χ3v) is 2.10. The van der Waals surface area contributed by atoms with Crippen LogP contribution in [0, 0.1) is 0 Å². The van der Waals surface area contributed by atoms with Crippen LogP contribution in [0.4, 0.5) is 0 Å². The van der Waals surface area contributed by atoms with Gasteiger partial charge in [0, 0.05) is 38.8 Å². The maximum absolute atomic E-state index is 11.4. The standard InChI is InChI=1S/C12H26N2O2/c1-12(2,3)14-9-7-11(15)13-8-5-6-10-16-4/h14H,5-10H2,1-4H3,(H,13,15). The van der Waals surface area contributed by atoms with Crippen molar-refractivity contribution in [2.45, 2.75) is 45.6 Å². The molecule has 0 unspecified atom stereocenters. The summed E-state index contributed by atoms with van der Waals surface area (Å²) < 4.78 is 4.93. The molecule has 16 heavy (non-hydrogen) atoms. The quantitative estimate of drug-likeness (QED) is 0.618. The zero-order chi connectivity index (χ0) is 12.4. The molecule has 0 aromatic heterocycles. The lowest BCUT2D eigenvalue weighted by Gasteiger charge is -2.20. The minimum Gasteiger partial charge on any atom is -0.385 e. The van der Waals surface area contributed by atoms with E-state index in [0.717, 1.165) is 32.5 Å². The largest absolute Gasteiger partial charge is 0.385 e. The minimum absolute atomic E-state index is 0.0821. The van der Waals surface area contributed by atoms with Crippen LogP contribution in [-0.4, -0.2) is 38.3 Å². The monoisotopic (exact) mass is 230 g/mol. The Kier molecular flexibility index (Phi) is 8.21. The first-order valence-corrected chi connectivity index (χ1v) is 5.96. The van der Waals surface area contributed by atoms with Crippen LogP contribution in [0.15, 0.2) is 0 Å². The van der Waals surface area contributed by atoms with Crippen LogP contribution in [-0.2, 0) is 9.53 Å². The molecular formula is C12H26N2O2. The SMILES string of the molecule is COCCCCNC(=O)CCNC(C)(C)C. The predicted octanol–water partition coefficient (Wildman–Crippen LogP) is 1.31. The number of methoxy groups -OCH3 is 1. The van der Waals surface area contributed by atoms with Crippen molar-refractivity contribution in [2.75, 3.05) is 26.8 Å². The summed E-state index contributed by atoms with van der Waals surface area (Å²) in [5.74, 6) is 0.120. The Morgan fingerprint density at radius 2 is 1.88 bits per heavy atom. The molecule has 0 rings (SSSR count). The van der Waals surface area contributed by atoms with Crippen molar-refractivity contribution >= 4 is 5.91 Å². The Bertz CT molecular complexity index is 188.